The lowest BCUT2D eigenvalue weighted by molar-refractivity contribution is 0.240. The maximum atomic E-state index is 13.3. The molecule has 0 amide bonds. The molecule has 4 aromatic rings. The summed E-state index contributed by atoms with van der Waals surface area (Å²) >= 11 is 0. The Morgan fingerprint density at radius 2 is 1.82 bits per heavy atom. The second-order valence-electron chi connectivity index (χ2n) is 11.3. The van der Waals surface area contributed by atoms with Gasteiger partial charge in [-0.3, -0.25) is 9.59 Å². The van der Waals surface area contributed by atoms with Gasteiger partial charge in [0.15, 0.2) is 11.5 Å². The number of benzene rings is 1. The maximum absolute atomic E-state index is 13.3. The van der Waals surface area contributed by atoms with Gasteiger partial charge in [0.1, 0.15) is 5.39 Å². The molecule has 1 N–H and O–H groups in total. The number of hydrogen-bond acceptors (Lipinski definition) is 7. The number of hydrogen-bond donors (Lipinski definition) is 1. The summed E-state index contributed by atoms with van der Waals surface area (Å²) in [6.45, 7) is 19.1. The van der Waals surface area contributed by atoms with Crippen LogP contribution >= 0.6 is 0 Å². The normalized spacial score (nSPS) is 19.4. The number of nitrogens with one attached hydrogen (secondary N) is 1. The molecule has 3 aromatic heterocycles. The molecular formula is C30H38N8O2. The zero-order chi connectivity index (χ0) is 28.7. The number of allylic oxidation sites excluding steroid dienone is 1. The van der Waals surface area contributed by atoms with Gasteiger partial charge in [0, 0.05) is 36.7 Å². The molecule has 1 aliphatic rings. The van der Waals surface area contributed by atoms with Crippen LogP contribution in [0.4, 0.5) is 17.3 Å². The number of piperidine rings is 1. The molecule has 1 fully saturated rings. The predicted molar refractivity (Wildman–Crippen MR) is 160 cm³/mol. The lowest BCUT2D eigenvalue weighted by Gasteiger charge is -2.41. The van der Waals surface area contributed by atoms with E-state index < -0.39 is 0 Å². The minimum absolute atomic E-state index is 0.147. The number of anilines is 3. The van der Waals surface area contributed by atoms with Crippen molar-refractivity contribution in [1.82, 2.24) is 29.1 Å². The Kier molecular flexibility index (Phi) is 7.35. The minimum atomic E-state index is -0.259. The summed E-state index contributed by atoms with van der Waals surface area (Å²) in [5.74, 6) is 2.76. The van der Waals surface area contributed by atoms with Crippen LogP contribution in [-0.2, 0) is 6.54 Å². The van der Waals surface area contributed by atoms with Gasteiger partial charge in [-0.15, -0.1) is 11.7 Å². The second kappa shape index (κ2) is 10.7. The standard InChI is InChI=1S/C30H38N8O2/c1-8-13-36-29(40)24-15-31-30(33-28(24)38(36)26-11-12-27(39)37(34-26)18(2)3)32-23-9-10-25(19(4)14-23)35-16-20(5)22(7)21(6)17-35/h8-12,14-15,18,20-22H,1,13,16-17H2,2-7H3,(H,31,32,33)/t20-,21+,22?. The van der Waals surface area contributed by atoms with Crippen LogP contribution in [0.1, 0.15) is 46.2 Å². The Bertz CT molecular complexity index is 1670. The molecule has 3 atom stereocenters. The first-order valence-corrected chi connectivity index (χ1v) is 13.9. The molecule has 0 spiro atoms. The van der Waals surface area contributed by atoms with Crippen LogP contribution in [0.3, 0.4) is 0 Å². The van der Waals surface area contributed by atoms with Crippen LogP contribution < -0.4 is 21.3 Å². The fourth-order valence-electron chi connectivity index (χ4n) is 5.58. The zero-order valence-corrected chi connectivity index (χ0v) is 24.1. The fourth-order valence-corrected chi connectivity index (χ4v) is 5.58. The third-order valence-electron chi connectivity index (χ3n) is 8.10. The van der Waals surface area contributed by atoms with Crippen molar-refractivity contribution in [2.24, 2.45) is 17.8 Å². The Morgan fingerprint density at radius 1 is 1.10 bits per heavy atom. The minimum Gasteiger partial charge on any atom is -0.371 e. The predicted octanol–water partition coefficient (Wildman–Crippen LogP) is 4.69. The average molecular weight is 543 g/mol. The lowest BCUT2D eigenvalue weighted by atomic mass is 9.80. The zero-order valence-electron chi connectivity index (χ0n) is 24.1. The van der Waals surface area contributed by atoms with Crippen LogP contribution in [0.5, 0.6) is 0 Å². The van der Waals surface area contributed by atoms with E-state index in [1.165, 1.54) is 32.9 Å². The van der Waals surface area contributed by atoms with Gasteiger partial charge >= 0.3 is 0 Å². The number of rotatable bonds is 7. The molecule has 210 valence electrons. The molecule has 0 bridgehead atoms. The van der Waals surface area contributed by atoms with E-state index >= 15 is 0 Å². The first kappa shape index (κ1) is 27.4. The van der Waals surface area contributed by atoms with Crippen molar-refractivity contribution in [2.75, 3.05) is 23.3 Å². The summed E-state index contributed by atoms with van der Waals surface area (Å²) in [5.41, 5.74) is 3.20. The Labute approximate surface area is 234 Å². The van der Waals surface area contributed by atoms with E-state index in [4.69, 9.17) is 4.98 Å². The maximum Gasteiger partial charge on any atom is 0.278 e. The summed E-state index contributed by atoms with van der Waals surface area (Å²) in [6.07, 6.45) is 3.16. The number of aromatic nitrogens is 6. The van der Waals surface area contributed by atoms with E-state index in [0.29, 0.717) is 40.6 Å². The topological polar surface area (TPSA) is 103 Å². The second-order valence-corrected chi connectivity index (χ2v) is 11.3. The van der Waals surface area contributed by atoms with Crippen molar-refractivity contribution in [3.63, 3.8) is 0 Å². The number of aryl methyl sites for hydroxylation is 1. The smallest absolute Gasteiger partial charge is 0.278 e. The summed E-state index contributed by atoms with van der Waals surface area (Å²) in [6, 6.07) is 9.20. The number of nitrogens with zero attached hydrogens (tertiary/aromatic N) is 7. The van der Waals surface area contributed by atoms with E-state index in [0.717, 1.165) is 18.8 Å². The monoisotopic (exact) mass is 542 g/mol. The molecule has 4 heterocycles. The highest BCUT2D eigenvalue weighted by Gasteiger charge is 2.29. The summed E-state index contributed by atoms with van der Waals surface area (Å²) in [7, 11) is 0. The van der Waals surface area contributed by atoms with Gasteiger partial charge in [0.2, 0.25) is 5.95 Å². The number of fused-ring (bicyclic) bond motifs is 1. The molecular weight excluding hydrogens is 504 g/mol. The molecule has 1 aliphatic heterocycles. The quantitative estimate of drug-likeness (QED) is 0.338. The molecule has 1 unspecified atom stereocenters. The van der Waals surface area contributed by atoms with Gasteiger partial charge in [-0.25, -0.2) is 19.0 Å². The van der Waals surface area contributed by atoms with Gasteiger partial charge in [0.25, 0.3) is 11.1 Å². The van der Waals surface area contributed by atoms with E-state index in [-0.39, 0.29) is 23.7 Å². The summed E-state index contributed by atoms with van der Waals surface area (Å²) < 4.78 is 4.51. The fraction of sp³-hybridized carbons (Fsp3) is 0.433. The van der Waals surface area contributed by atoms with Gasteiger partial charge in [0.05, 0.1) is 12.6 Å². The third-order valence-corrected chi connectivity index (χ3v) is 8.10. The van der Waals surface area contributed by atoms with Gasteiger partial charge in [-0.2, -0.15) is 4.98 Å². The van der Waals surface area contributed by atoms with Crippen LogP contribution in [0.15, 0.2) is 58.8 Å². The van der Waals surface area contributed by atoms with Crippen LogP contribution in [0.2, 0.25) is 0 Å². The Balaban J connectivity index is 1.52. The van der Waals surface area contributed by atoms with Crippen molar-refractivity contribution in [1.29, 1.82) is 0 Å². The lowest BCUT2D eigenvalue weighted by Crippen LogP contribution is -2.43. The average Bonchev–Trinajstić information content (AvgIpc) is 3.18. The molecule has 1 saturated heterocycles. The molecule has 10 heteroatoms. The highest BCUT2D eigenvalue weighted by atomic mass is 16.1. The van der Waals surface area contributed by atoms with E-state index in [2.05, 4.69) is 66.7 Å². The van der Waals surface area contributed by atoms with Crippen molar-refractivity contribution in [3.8, 4) is 5.82 Å². The SMILES string of the molecule is C=CCn1c(=O)c2cnc(Nc3ccc(N4C[C@@H](C)C(C)[C@@H](C)C4)c(C)c3)nc2n1-c1ccc(=O)n(C(C)C)n1. The first-order chi connectivity index (χ1) is 19.1. The van der Waals surface area contributed by atoms with Crippen LogP contribution in [-0.4, -0.2) is 42.2 Å². The molecule has 0 saturated carbocycles. The molecule has 5 rings (SSSR count). The highest BCUT2D eigenvalue weighted by molar-refractivity contribution is 5.77. The van der Waals surface area contributed by atoms with E-state index in [1.54, 1.807) is 16.8 Å². The summed E-state index contributed by atoms with van der Waals surface area (Å²) in [5, 5.41) is 8.19. The van der Waals surface area contributed by atoms with Gasteiger partial charge < -0.3 is 10.2 Å². The molecule has 40 heavy (non-hydrogen) atoms. The molecule has 10 nitrogen and oxygen atoms in total. The third kappa shape index (κ3) is 4.94. The van der Waals surface area contributed by atoms with Crippen molar-refractivity contribution < 1.29 is 0 Å². The Hall–Kier alpha value is -4.21. The summed E-state index contributed by atoms with van der Waals surface area (Å²) in [4.78, 5) is 37.3. The van der Waals surface area contributed by atoms with E-state index in [1.807, 2.05) is 19.9 Å². The van der Waals surface area contributed by atoms with Crippen molar-refractivity contribution in [2.45, 2.75) is 54.1 Å². The van der Waals surface area contributed by atoms with Gasteiger partial charge in [-0.05, 0) is 68.4 Å². The first-order valence-electron chi connectivity index (χ1n) is 13.9. The van der Waals surface area contributed by atoms with Crippen molar-refractivity contribution in [3.05, 3.63) is 75.5 Å². The van der Waals surface area contributed by atoms with Crippen LogP contribution in [0, 0.1) is 24.7 Å². The largest absolute Gasteiger partial charge is 0.371 e. The Morgan fingerprint density at radius 3 is 2.48 bits per heavy atom. The van der Waals surface area contributed by atoms with E-state index in [9.17, 15) is 9.59 Å². The van der Waals surface area contributed by atoms with Gasteiger partial charge in [-0.1, -0.05) is 26.8 Å². The van der Waals surface area contributed by atoms with Crippen molar-refractivity contribution >= 4 is 28.4 Å². The molecule has 0 aliphatic carbocycles. The highest BCUT2D eigenvalue weighted by Crippen LogP contribution is 2.33. The van der Waals surface area contributed by atoms with Crippen LogP contribution in [0.25, 0.3) is 16.9 Å². The molecule has 1 aromatic carbocycles. The molecule has 0 radical (unpaired) electrons.